The molecule has 0 saturated carbocycles. The maximum absolute atomic E-state index is 13.2. The van der Waals surface area contributed by atoms with Crippen molar-refractivity contribution in [2.75, 3.05) is 5.06 Å². The predicted octanol–water partition coefficient (Wildman–Crippen LogP) is 2.34. The van der Waals surface area contributed by atoms with E-state index in [4.69, 9.17) is 11.8 Å². The molecular formula is C14H12ClF3N4O2. The first-order valence-electron chi connectivity index (χ1n) is 6.92. The Labute approximate surface area is 139 Å². The van der Waals surface area contributed by atoms with E-state index in [0.29, 0.717) is 0 Å². The van der Waals surface area contributed by atoms with E-state index in [1.165, 1.54) is 0 Å². The lowest BCUT2D eigenvalue weighted by Gasteiger charge is -2.27. The summed E-state index contributed by atoms with van der Waals surface area (Å²) in [6, 6.07) is 7.72. The van der Waals surface area contributed by atoms with Crippen LogP contribution in [0, 0.1) is 0 Å². The molecule has 1 aromatic carbocycles. The van der Waals surface area contributed by atoms with Crippen LogP contribution in [0.1, 0.15) is 17.0 Å². The fourth-order valence-corrected chi connectivity index (χ4v) is 2.78. The number of hydroxylamine groups is 1. The lowest BCUT2D eigenvalue weighted by molar-refractivity contribution is -0.141. The fourth-order valence-electron chi connectivity index (χ4n) is 2.61. The smallest absolute Gasteiger partial charge is 0.281 e. The van der Waals surface area contributed by atoms with E-state index in [1.54, 1.807) is 30.3 Å². The summed E-state index contributed by atoms with van der Waals surface area (Å²) < 4.78 is 40.9. The summed E-state index contributed by atoms with van der Waals surface area (Å²) in [4.78, 5) is 14.1. The summed E-state index contributed by atoms with van der Waals surface area (Å²) in [6.07, 6.45) is -4.93. The van der Waals surface area contributed by atoms with E-state index in [-0.39, 0.29) is 23.7 Å². The third kappa shape index (κ3) is 2.85. The number of aromatic nitrogens is 2. The number of fused-ring (bicyclic) bond motifs is 1. The van der Waals surface area contributed by atoms with Crippen molar-refractivity contribution in [1.29, 1.82) is 0 Å². The van der Waals surface area contributed by atoms with Gasteiger partial charge in [0.05, 0.1) is 12.2 Å². The zero-order valence-corrected chi connectivity index (χ0v) is 12.8. The standard InChI is InChI=1S/C14H12ClF3N4O2/c15-19-9-6-10-11(22(24)13(9)23)12(14(16,17)18)20-21(10)7-8-4-2-1-3-5-8/h1-5,9,19,24H,6-7H2/t9-/m0/s1. The first-order chi connectivity index (χ1) is 11.3. The van der Waals surface area contributed by atoms with Crippen LogP contribution in [-0.4, -0.2) is 26.9 Å². The molecule has 0 spiro atoms. The van der Waals surface area contributed by atoms with Crippen LogP contribution in [0.3, 0.4) is 0 Å². The highest BCUT2D eigenvalue weighted by molar-refractivity contribution is 6.16. The molecule has 2 N–H and O–H groups in total. The van der Waals surface area contributed by atoms with Crippen molar-refractivity contribution >= 4 is 23.4 Å². The molecule has 0 bridgehead atoms. The number of alkyl halides is 3. The molecule has 10 heteroatoms. The summed E-state index contributed by atoms with van der Waals surface area (Å²) in [5.41, 5.74) is -1.15. The van der Waals surface area contributed by atoms with E-state index in [0.717, 1.165) is 10.2 Å². The molecule has 2 aromatic rings. The maximum Gasteiger partial charge on any atom is 0.437 e. The Kier molecular flexibility index (Phi) is 4.24. The highest BCUT2D eigenvalue weighted by Crippen LogP contribution is 2.40. The Hall–Kier alpha value is -2.10. The second-order valence-corrected chi connectivity index (χ2v) is 5.52. The van der Waals surface area contributed by atoms with Crippen molar-refractivity contribution in [2.45, 2.75) is 25.2 Å². The van der Waals surface area contributed by atoms with Crippen molar-refractivity contribution in [2.24, 2.45) is 0 Å². The molecule has 0 saturated heterocycles. The molecule has 0 unspecified atom stereocenters. The third-order valence-electron chi connectivity index (χ3n) is 3.72. The minimum absolute atomic E-state index is 0.0316. The molecule has 1 aromatic heterocycles. The molecule has 1 aliphatic rings. The SMILES string of the molecule is O=C1[C@@H](NCl)Cc2c(c(C(F)(F)F)nn2Cc2ccccc2)N1O. The molecular weight excluding hydrogens is 349 g/mol. The summed E-state index contributed by atoms with van der Waals surface area (Å²) >= 11 is 5.46. The van der Waals surface area contributed by atoms with Gasteiger partial charge < -0.3 is 0 Å². The Morgan fingerprint density at radius 1 is 1.33 bits per heavy atom. The molecule has 128 valence electrons. The summed E-state index contributed by atoms with van der Waals surface area (Å²) in [5, 5.41) is 13.4. The number of hydrogen-bond donors (Lipinski definition) is 2. The number of halogens is 4. The van der Waals surface area contributed by atoms with Crippen molar-refractivity contribution in [3.05, 3.63) is 47.3 Å². The number of nitrogens with one attached hydrogen (secondary N) is 1. The number of benzene rings is 1. The van der Waals surface area contributed by atoms with Crippen LogP contribution in [0.2, 0.25) is 0 Å². The second kappa shape index (κ2) is 6.08. The third-order valence-corrected chi connectivity index (χ3v) is 3.98. The highest BCUT2D eigenvalue weighted by Gasteiger charge is 2.46. The first-order valence-corrected chi connectivity index (χ1v) is 7.30. The molecule has 24 heavy (non-hydrogen) atoms. The van der Waals surface area contributed by atoms with Gasteiger partial charge in [-0.05, 0) is 17.3 Å². The molecule has 0 aliphatic carbocycles. The molecule has 2 heterocycles. The lowest BCUT2D eigenvalue weighted by atomic mass is 10.0. The molecule has 3 rings (SSSR count). The van der Waals surface area contributed by atoms with Crippen LogP contribution in [0.5, 0.6) is 0 Å². The predicted molar refractivity (Wildman–Crippen MR) is 78.5 cm³/mol. The topological polar surface area (TPSA) is 70.4 Å². The van der Waals surface area contributed by atoms with E-state index in [1.807, 2.05) is 0 Å². The Balaban J connectivity index is 2.11. The van der Waals surface area contributed by atoms with Crippen LogP contribution in [0.25, 0.3) is 0 Å². The maximum atomic E-state index is 13.2. The molecule has 0 fully saturated rings. The van der Waals surface area contributed by atoms with Gasteiger partial charge in [-0.25, -0.2) is 4.84 Å². The van der Waals surface area contributed by atoms with E-state index in [9.17, 15) is 23.2 Å². The average molecular weight is 361 g/mol. The number of hydrogen-bond acceptors (Lipinski definition) is 4. The van der Waals surface area contributed by atoms with Gasteiger partial charge in [0.15, 0.2) is 5.69 Å². The van der Waals surface area contributed by atoms with Crippen LogP contribution in [-0.2, 0) is 23.9 Å². The number of nitrogens with zero attached hydrogens (tertiary/aromatic N) is 3. The van der Waals surface area contributed by atoms with Gasteiger partial charge in [0, 0.05) is 6.42 Å². The van der Waals surface area contributed by atoms with Crippen LogP contribution in [0.4, 0.5) is 18.9 Å². The zero-order valence-electron chi connectivity index (χ0n) is 12.1. The lowest BCUT2D eigenvalue weighted by Crippen LogP contribution is -2.48. The van der Waals surface area contributed by atoms with Gasteiger partial charge in [0.25, 0.3) is 5.91 Å². The number of carbonyl (C=O) groups is 1. The minimum atomic E-state index is -4.81. The van der Waals surface area contributed by atoms with Crippen LogP contribution < -0.4 is 9.90 Å². The monoisotopic (exact) mass is 360 g/mol. The second-order valence-electron chi connectivity index (χ2n) is 5.30. The largest absolute Gasteiger partial charge is 0.437 e. The Morgan fingerprint density at radius 2 is 2.00 bits per heavy atom. The van der Waals surface area contributed by atoms with Gasteiger partial charge in [-0.2, -0.15) is 23.3 Å². The van der Waals surface area contributed by atoms with Gasteiger partial charge in [0.1, 0.15) is 11.7 Å². The number of rotatable bonds is 3. The van der Waals surface area contributed by atoms with Crippen molar-refractivity contribution in [1.82, 2.24) is 14.6 Å². The first kappa shape index (κ1) is 16.7. The summed E-state index contributed by atoms with van der Waals surface area (Å²) in [7, 11) is 0. The molecule has 1 atom stereocenters. The molecule has 1 amide bonds. The molecule has 6 nitrogen and oxygen atoms in total. The fraction of sp³-hybridized carbons (Fsp3) is 0.286. The Morgan fingerprint density at radius 3 is 2.58 bits per heavy atom. The zero-order chi connectivity index (χ0) is 17.5. The van der Waals surface area contributed by atoms with E-state index in [2.05, 4.69) is 9.93 Å². The van der Waals surface area contributed by atoms with Gasteiger partial charge >= 0.3 is 6.18 Å². The van der Waals surface area contributed by atoms with Gasteiger partial charge in [-0.1, -0.05) is 30.3 Å². The summed E-state index contributed by atoms with van der Waals surface area (Å²) in [5.74, 6) is -0.970. The van der Waals surface area contributed by atoms with Crippen LogP contribution >= 0.6 is 11.8 Å². The van der Waals surface area contributed by atoms with Gasteiger partial charge in [-0.15, -0.1) is 0 Å². The van der Waals surface area contributed by atoms with Crippen LogP contribution in [0.15, 0.2) is 30.3 Å². The number of carbonyl (C=O) groups excluding carboxylic acids is 1. The van der Waals surface area contributed by atoms with Gasteiger partial charge in [0.2, 0.25) is 0 Å². The van der Waals surface area contributed by atoms with Crippen molar-refractivity contribution in [3.63, 3.8) is 0 Å². The van der Waals surface area contributed by atoms with E-state index >= 15 is 0 Å². The minimum Gasteiger partial charge on any atom is -0.281 e. The summed E-state index contributed by atoms with van der Waals surface area (Å²) in [6.45, 7) is 0.0658. The quantitative estimate of drug-likeness (QED) is 0.651. The molecule has 1 aliphatic heterocycles. The van der Waals surface area contributed by atoms with Gasteiger partial charge in [-0.3, -0.25) is 14.7 Å². The van der Waals surface area contributed by atoms with Crippen molar-refractivity contribution in [3.8, 4) is 0 Å². The normalized spacial score (nSPS) is 18.0. The Bertz CT molecular complexity index is 763. The highest BCUT2D eigenvalue weighted by atomic mass is 35.5. The number of anilines is 1. The molecule has 0 radical (unpaired) electrons. The average Bonchev–Trinajstić information content (AvgIpc) is 2.90. The van der Waals surface area contributed by atoms with Crippen molar-refractivity contribution < 1.29 is 23.2 Å². The van der Waals surface area contributed by atoms with E-state index < -0.39 is 29.5 Å². The number of amides is 1.